The highest BCUT2D eigenvalue weighted by atomic mass is 19.1. The molecule has 2 rings (SSSR count). The van der Waals surface area contributed by atoms with Gasteiger partial charge < -0.3 is 10.7 Å². The molecule has 0 bridgehead atoms. The SMILES string of the molecule is CC(N)Cn1c(=O)[nH]c2cc(F)ccc2c1=O. The lowest BCUT2D eigenvalue weighted by atomic mass is 10.2. The van der Waals surface area contributed by atoms with E-state index in [1.807, 2.05) is 0 Å². The van der Waals surface area contributed by atoms with E-state index < -0.39 is 17.1 Å². The van der Waals surface area contributed by atoms with Gasteiger partial charge >= 0.3 is 5.69 Å². The number of aromatic nitrogens is 2. The Bertz CT molecular complexity index is 672. The number of hydrogen-bond acceptors (Lipinski definition) is 3. The van der Waals surface area contributed by atoms with Gasteiger partial charge in [-0.25, -0.2) is 9.18 Å². The van der Waals surface area contributed by atoms with E-state index in [2.05, 4.69) is 4.98 Å². The first kappa shape index (κ1) is 11.5. The van der Waals surface area contributed by atoms with Crippen molar-refractivity contribution in [1.82, 2.24) is 9.55 Å². The molecule has 1 aromatic carbocycles. The first-order chi connectivity index (χ1) is 7.99. The lowest BCUT2D eigenvalue weighted by Crippen LogP contribution is -2.39. The Morgan fingerprint density at radius 3 is 2.82 bits per heavy atom. The second-order valence-electron chi connectivity index (χ2n) is 4.01. The molecule has 5 nitrogen and oxygen atoms in total. The molecule has 3 N–H and O–H groups in total. The maximum Gasteiger partial charge on any atom is 0.328 e. The van der Waals surface area contributed by atoms with Crippen molar-refractivity contribution >= 4 is 10.9 Å². The summed E-state index contributed by atoms with van der Waals surface area (Å²) in [5.74, 6) is -0.502. The largest absolute Gasteiger partial charge is 0.328 e. The molecule has 6 heteroatoms. The van der Waals surface area contributed by atoms with Gasteiger partial charge in [-0.3, -0.25) is 9.36 Å². The number of fused-ring (bicyclic) bond motifs is 1. The molecule has 17 heavy (non-hydrogen) atoms. The summed E-state index contributed by atoms with van der Waals surface area (Å²) in [5.41, 5.74) is 4.72. The first-order valence-electron chi connectivity index (χ1n) is 5.17. The Labute approximate surface area is 95.7 Å². The minimum atomic E-state index is -0.578. The number of nitrogens with two attached hydrogens (primary N) is 1. The molecule has 0 saturated heterocycles. The van der Waals surface area contributed by atoms with Crippen molar-refractivity contribution in [2.24, 2.45) is 5.73 Å². The summed E-state index contributed by atoms with van der Waals surface area (Å²) in [7, 11) is 0. The van der Waals surface area contributed by atoms with Crippen LogP contribution in [0.3, 0.4) is 0 Å². The topological polar surface area (TPSA) is 80.9 Å². The van der Waals surface area contributed by atoms with Crippen LogP contribution >= 0.6 is 0 Å². The standard InChI is InChI=1S/C11H12FN3O2/c1-6(13)5-15-10(16)8-3-2-7(12)4-9(8)14-11(15)17/h2-4,6H,5,13H2,1H3,(H,14,17). The van der Waals surface area contributed by atoms with Gasteiger partial charge in [0, 0.05) is 12.6 Å². The number of H-pyrrole nitrogens is 1. The summed E-state index contributed by atoms with van der Waals surface area (Å²) >= 11 is 0. The quantitative estimate of drug-likeness (QED) is 0.781. The van der Waals surface area contributed by atoms with Crippen molar-refractivity contribution < 1.29 is 4.39 Å². The zero-order chi connectivity index (χ0) is 12.6. The third-order valence-electron chi connectivity index (χ3n) is 2.41. The first-order valence-corrected chi connectivity index (χ1v) is 5.17. The molecule has 0 aliphatic carbocycles. The Hall–Kier alpha value is -1.95. The molecule has 0 aliphatic rings. The van der Waals surface area contributed by atoms with Crippen LogP contribution in [0, 0.1) is 5.82 Å². The Morgan fingerprint density at radius 1 is 1.47 bits per heavy atom. The van der Waals surface area contributed by atoms with Crippen molar-refractivity contribution in [3.8, 4) is 0 Å². The summed E-state index contributed by atoms with van der Waals surface area (Å²) in [6.45, 7) is 1.82. The molecule has 0 spiro atoms. The molecule has 0 fully saturated rings. The highest BCUT2D eigenvalue weighted by Gasteiger charge is 2.09. The van der Waals surface area contributed by atoms with Crippen molar-refractivity contribution in [2.45, 2.75) is 19.5 Å². The number of benzene rings is 1. The van der Waals surface area contributed by atoms with Gasteiger partial charge in [0.15, 0.2) is 0 Å². The van der Waals surface area contributed by atoms with Crippen LogP contribution in [-0.2, 0) is 6.54 Å². The second kappa shape index (κ2) is 4.14. The summed E-state index contributed by atoms with van der Waals surface area (Å²) in [5, 5.41) is 0.270. The number of aromatic amines is 1. The fraction of sp³-hybridized carbons (Fsp3) is 0.273. The van der Waals surface area contributed by atoms with Crippen molar-refractivity contribution in [1.29, 1.82) is 0 Å². The molecule has 1 heterocycles. The fourth-order valence-corrected chi connectivity index (χ4v) is 1.68. The average Bonchev–Trinajstić information content (AvgIpc) is 2.23. The van der Waals surface area contributed by atoms with Gasteiger partial charge in [0.2, 0.25) is 0 Å². The van der Waals surface area contributed by atoms with Gasteiger partial charge in [-0.15, -0.1) is 0 Å². The predicted octanol–water partition coefficient (Wildman–Crippen LogP) is 0.176. The van der Waals surface area contributed by atoms with Crippen LogP contribution in [0.4, 0.5) is 4.39 Å². The summed E-state index contributed by atoms with van der Waals surface area (Å²) in [6, 6.07) is 3.33. The zero-order valence-electron chi connectivity index (χ0n) is 9.24. The highest BCUT2D eigenvalue weighted by molar-refractivity contribution is 5.77. The van der Waals surface area contributed by atoms with E-state index in [1.54, 1.807) is 6.92 Å². The van der Waals surface area contributed by atoms with Gasteiger partial charge in [-0.1, -0.05) is 0 Å². The number of hydrogen-bond donors (Lipinski definition) is 2. The lowest BCUT2D eigenvalue weighted by Gasteiger charge is -2.08. The molecule has 2 aromatic rings. The third kappa shape index (κ3) is 2.12. The van der Waals surface area contributed by atoms with Crippen LogP contribution < -0.4 is 17.0 Å². The van der Waals surface area contributed by atoms with Crippen LogP contribution in [0.5, 0.6) is 0 Å². The van der Waals surface area contributed by atoms with E-state index in [4.69, 9.17) is 5.73 Å². The average molecular weight is 237 g/mol. The van der Waals surface area contributed by atoms with E-state index in [1.165, 1.54) is 12.1 Å². The fourth-order valence-electron chi connectivity index (χ4n) is 1.68. The normalized spacial score (nSPS) is 12.9. The molecular weight excluding hydrogens is 225 g/mol. The molecule has 0 saturated carbocycles. The molecule has 1 unspecified atom stereocenters. The maximum absolute atomic E-state index is 13.0. The Balaban J connectivity index is 2.77. The number of halogens is 1. The van der Waals surface area contributed by atoms with Gasteiger partial charge in [0.1, 0.15) is 5.82 Å². The molecule has 1 aromatic heterocycles. The lowest BCUT2D eigenvalue weighted by molar-refractivity contribution is 0.553. The molecular formula is C11H12FN3O2. The molecule has 0 aliphatic heterocycles. The van der Waals surface area contributed by atoms with E-state index in [0.717, 1.165) is 10.6 Å². The van der Waals surface area contributed by atoms with Crippen molar-refractivity contribution in [2.75, 3.05) is 0 Å². The zero-order valence-corrected chi connectivity index (χ0v) is 9.24. The maximum atomic E-state index is 13.0. The minimum Gasteiger partial charge on any atom is -0.326 e. The number of rotatable bonds is 2. The predicted molar refractivity (Wildman–Crippen MR) is 62.4 cm³/mol. The van der Waals surface area contributed by atoms with E-state index >= 15 is 0 Å². The van der Waals surface area contributed by atoms with Gasteiger partial charge in [0.25, 0.3) is 5.56 Å². The van der Waals surface area contributed by atoms with E-state index in [0.29, 0.717) is 0 Å². The van der Waals surface area contributed by atoms with Gasteiger partial charge in [-0.05, 0) is 25.1 Å². The van der Waals surface area contributed by atoms with Crippen molar-refractivity contribution in [3.05, 3.63) is 44.9 Å². The van der Waals surface area contributed by atoms with Crippen LogP contribution in [0.25, 0.3) is 10.9 Å². The van der Waals surface area contributed by atoms with Crippen molar-refractivity contribution in [3.63, 3.8) is 0 Å². The summed E-state index contributed by atoms with van der Waals surface area (Å²) in [6.07, 6.45) is 0. The van der Waals surface area contributed by atoms with Crippen LogP contribution in [0.1, 0.15) is 6.92 Å². The number of nitrogens with zero attached hydrogens (tertiary/aromatic N) is 1. The smallest absolute Gasteiger partial charge is 0.326 e. The number of nitrogens with one attached hydrogen (secondary N) is 1. The third-order valence-corrected chi connectivity index (χ3v) is 2.41. The molecule has 0 radical (unpaired) electrons. The minimum absolute atomic E-state index is 0.126. The highest BCUT2D eigenvalue weighted by Crippen LogP contribution is 2.07. The van der Waals surface area contributed by atoms with E-state index in [-0.39, 0.29) is 23.5 Å². The summed E-state index contributed by atoms with van der Waals surface area (Å²) < 4.78 is 14.0. The molecule has 90 valence electrons. The van der Waals surface area contributed by atoms with Crippen LogP contribution in [0.15, 0.2) is 27.8 Å². The van der Waals surface area contributed by atoms with Crippen LogP contribution in [0.2, 0.25) is 0 Å². The summed E-state index contributed by atoms with van der Waals surface area (Å²) in [4.78, 5) is 26.0. The van der Waals surface area contributed by atoms with E-state index in [9.17, 15) is 14.0 Å². The monoisotopic (exact) mass is 237 g/mol. The molecule has 0 amide bonds. The molecule has 1 atom stereocenters. The Morgan fingerprint density at radius 2 is 2.18 bits per heavy atom. The van der Waals surface area contributed by atoms with Crippen LogP contribution in [-0.4, -0.2) is 15.6 Å². The Kier molecular flexibility index (Phi) is 2.81. The van der Waals surface area contributed by atoms with Gasteiger partial charge in [0.05, 0.1) is 10.9 Å². The second-order valence-corrected chi connectivity index (χ2v) is 4.01. The van der Waals surface area contributed by atoms with Gasteiger partial charge in [-0.2, -0.15) is 0 Å².